The summed E-state index contributed by atoms with van der Waals surface area (Å²) in [6.07, 6.45) is 3.78. The molecule has 0 radical (unpaired) electrons. The summed E-state index contributed by atoms with van der Waals surface area (Å²) in [5.74, 6) is -2.94. The Morgan fingerprint density at radius 1 is 1.00 bits per heavy atom. The van der Waals surface area contributed by atoms with Crippen molar-refractivity contribution in [2.75, 3.05) is 14.2 Å². The lowest BCUT2D eigenvalue weighted by Crippen LogP contribution is -2.46. The Morgan fingerprint density at radius 2 is 1.70 bits per heavy atom. The molecular formula is C29H31NO7. The Hall–Kier alpha value is -3.68. The van der Waals surface area contributed by atoms with E-state index in [-0.39, 0.29) is 35.6 Å². The molecule has 194 valence electrons. The van der Waals surface area contributed by atoms with Gasteiger partial charge in [0.1, 0.15) is 17.2 Å². The fourth-order valence-corrected chi connectivity index (χ4v) is 6.52. The van der Waals surface area contributed by atoms with Gasteiger partial charge >= 0.3 is 0 Å². The van der Waals surface area contributed by atoms with Crippen LogP contribution >= 0.6 is 0 Å². The van der Waals surface area contributed by atoms with Crippen molar-refractivity contribution in [1.82, 2.24) is 4.90 Å². The van der Waals surface area contributed by atoms with Crippen LogP contribution < -0.4 is 9.47 Å². The highest BCUT2D eigenvalue weighted by atomic mass is 16.5. The van der Waals surface area contributed by atoms with E-state index < -0.39 is 29.2 Å². The van der Waals surface area contributed by atoms with Gasteiger partial charge in [-0.25, -0.2) is 0 Å². The number of hydrogen-bond donors (Lipinski definition) is 1. The molecule has 1 fully saturated rings. The Morgan fingerprint density at radius 3 is 2.32 bits per heavy atom. The van der Waals surface area contributed by atoms with E-state index in [9.17, 15) is 24.3 Å². The Balaban J connectivity index is 1.74. The highest BCUT2D eigenvalue weighted by molar-refractivity contribution is 6.24. The lowest BCUT2D eigenvalue weighted by Gasteiger charge is -2.42. The second kappa shape index (κ2) is 8.43. The molecule has 0 bridgehead atoms. The number of allylic oxidation sites excluding steroid dienone is 6. The van der Waals surface area contributed by atoms with Crippen molar-refractivity contribution in [2.24, 2.45) is 17.8 Å². The molecule has 3 aliphatic carbocycles. The second-order valence-corrected chi connectivity index (χ2v) is 11.2. The van der Waals surface area contributed by atoms with E-state index in [1.54, 1.807) is 13.0 Å². The van der Waals surface area contributed by atoms with Gasteiger partial charge in [-0.2, -0.15) is 0 Å². The highest BCUT2D eigenvalue weighted by Crippen LogP contribution is 2.58. The van der Waals surface area contributed by atoms with Crippen molar-refractivity contribution in [3.63, 3.8) is 0 Å². The molecule has 2 amide bonds. The lowest BCUT2D eigenvalue weighted by atomic mass is 9.59. The smallest absolute Gasteiger partial charge is 0.234 e. The number of amides is 2. The average molecular weight is 506 g/mol. The van der Waals surface area contributed by atoms with E-state index in [0.29, 0.717) is 40.2 Å². The zero-order chi connectivity index (χ0) is 27.0. The first-order valence-electron chi connectivity index (χ1n) is 12.4. The van der Waals surface area contributed by atoms with Gasteiger partial charge in [0.15, 0.2) is 11.6 Å². The van der Waals surface area contributed by atoms with E-state index in [1.165, 1.54) is 31.3 Å². The second-order valence-electron chi connectivity index (χ2n) is 11.2. The quantitative estimate of drug-likeness (QED) is 0.379. The monoisotopic (exact) mass is 505 g/mol. The van der Waals surface area contributed by atoms with Gasteiger partial charge in [-0.3, -0.25) is 24.1 Å². The van der Waals surface area contributed by atoms with Gasteiger partial charge in [-0.05, 0) is 52.5 Å². The first-order valence-corrected chi connectivity index (χ1v) is 12.4. The van der Waals surface area contributed by atoms with Gasteiger partial charge in [0.2, 0.25) is 11.8 Å². The SMILES string of the molecule is COc1cc(O)c(C2C3=CCC4C(=O)N(C(C)(C)C)C(=O)C4C3CC3=C2C(=O)C(C)=CC3=O)c(OC)c1. The maximum absolute atomic E-state index is 13.7. The number of rotatable bonds is 3. The maximum atomic E-state index is 13.7. The number of Topliss-reactive ketones (excluding diaryl/α,β-unsaturated/α-hetero) is 1. The number of imide groups is 1. The maximum Gasteiger partial charge on any atom is 0.234 e. The number of fused-ring (bicyclic) bond motifs is 3. The first-order chi connectivity index (χ1) is 17.4. The van der Waals surface area contributed by atoms with Crippen LogP contribution in [0, 0.1) is 17.8 Å². The van der Waals surface area contributed by atoms with Crippen LogP contribution in [0.5, 0.6) is 17.2 Å². The van der Waals surface area contributed by atoms with Gasteiger partial charge in [-0.1, -0.05) is 11.6 Å². The minimum absolute atomic E-state index is 0.144. The van der Waals surface area contributed by atoms with Crippen LogP contribution in [-0.4, -0.2) is 53.1 Å². The van der Waals surface area contributed by atoms with E-state index >= 15 is 0 Å². The van der Waals surface area contributed by atoms with Crippen LogP contribution in [0.3, 0.4) is 0 Å². The number of phenols is 1. The number of carbonyl (C=O) groups excluding carboxylic acids is 4. The standard InChI is InChI=1S/C29H31NO7/c1-13-9-19(31)18-12-17-15(7-8-16-22(17)28(35)30(27(16)34)29(2,3)4)23(24(18)26(13)33)25-20(32)10-14(36-5)11-21(25)37-6/h7,9-11,16-17,22-23,32H,8,12H2,1-6H3. The van der Waals surface area contributed by atoms with Crippen LogP contribution in [0.2, 0.25) is 0 Å². The summed E-state index contributed by atoms with van der Waals surface area (Å²) >= 11 is 0. The third kappa shape index (κ3) is 3.56. The third-order valence-corrected chi connectivity index (χ3v) is 8.07. The zero-order valence-corrected chi connectivity index (χ0v) is 21.9. The summed E-state index contributed by atoms with van der Waals surface area (Å²) in [5, 5.41) is 11.2. The summed E-state index contributed by atoms with van der Waals surface area (Å²) in [5.41, 5.74) is 1.36. The van der Waals surface area contributed by atoms with Crippen molar-refractivity contribution in [3.8, 4) is 17.2 Å². The molecule has 1 aromatic rings. The predicted molar refractivity (Wildman–Crippen MR) is 134 cm³/mol. The molecule has 1 heterocycles. The van der Waals surface area contributed by atoms with Crippen LogP contribution in [0.4, 0.5) is 0 Å². The molecule has 4 aliphatic rings. The van der Waals surface area contributed by atoms with Crippen molar-refractivity contribution in [1.29, 1.82) is 0 Å². The lowest BCUT2D eigenvalue weighted by molar-refractivity contribution is -0.145. The number of benzene rings is 1. The molecule has 1 aliphatic heterocycles. The molecule has 1 saturated heterocycles. The molecule has 1 aromatic carbocycles. The van der Waals surface area contributed by atoms with Crippen molar-refractivity contribution in [3.05, 3.63) is 52.1 Å². The molecule has 37 heavy (non-hydrogen) atoms. The molecule has 1 N–H and O–H groups in total. The minimum Gasteiger partial charge on any atom is -0.507 e. The third-order valence-electron chi connectivity index (χ3n) is 8.07. The van der Waals surface area contributed by atoms with Crippen LogP contribution in [-0.2, 0) is 19.2 Å². The number of aromatic hydroxyl groups is 1. The van der Waals surface area contributed by atoms with Gasteiger partial charge in [0, 0.05) is 45.9 Å². The number of likely N-dealkylation sites (tertiary alicyclic amines) is 1. The van der Waals surface area contributed by atoms with Gasteiger partial charge in [0.05, 0.1) is 26.1 Å². The van der Waals surface area contributed by atoms with E-state index in [2.05, 4.69) is 0 Å². The van der Waals surface area contributed by atoms with Gasteiger partial charge in [0.25, 0.3) is 0 Å². The average Bonchev–Trinajstić information content (AvgIpc) is 3.11. The first kappa shape index (κ1) is 25.0. The molecular weight excluding hydrogens is 474 g/mol. The number of phenolic OH excluding ortho intramolecular Hbond substituents is 1. The number of nitrogens with zero attached hydrogens (tertiary/aromatic N) is 1. The number of methoxy groups -OCH3 is 2. The minimum atomic E-state index is -0.803. The summed E-state index contributed by atoms with van der Waals surface area (Å²) in [4.78, 5) is 55.2. The zero-order valence-electron chi connectivity index (χ0n) is 21.9. The number of hydrogen-bond acceptors (Lipinski definition) is 7. The fraction of sp³-hybridized carbons (Fsp3) is 0.448. The van der Waals surface area contributed by atoms with Crippen molar-refractivity contribution < 1.29 is 33.8 Å². The van der Waals surface area contributed by atoms with E-state index in [1.807, 2.05) is 26.8 Å². The normalized spacial score (nSPS) is 27.5. The van der Waals surface area contributed by atoms with Gasteiger partial charge in [-0.15, -0.1) is 0 Å². The molecule has 0 saturated carbocycles. The molecule has 0 spiro atoms. The Bertz CT molecular complexity index is 1360. The summed E-state index contributed by atoms with van der Waals surface area (Å²) in [6.45, 7) is 7.09. The highest BCUT2D eigenvalue weighted by Gasteiger charge is 2.58. The largest absolute Gasteiger partial charge is 0.507 e. The summed E-state index contributed by atoms with van der Waals surface area (Å²) < 4.78 is 10.9. The van der Waals surface area contributed by atoms with Gasteiger partial charge < -0.3 is 14.6 Å². The van der Waals surface area contributed by atoms with Crippen LogP contribution in [0.25, 0.3) is 0 Å². The Labute approximate surface area is 215 Å². The topological polar surface area (TPSA) is 110 Å². The van der Waals surface area contributed by atoms with E-state index in [0.717, 1.165) is 5.57 Å². The predicted octanol–water partition coefficient (Wildman–Crippen LogP) is 3.64. The number of ether oxygens (including phenoxy) is 2. The number of ketones is 2. The summed E-state index contributed by atoms with van der Waals surface area (Å²) in [7, 11) is 2.92. The fourth-order valence-electron chi connectivity index (χ4n) is 6.52. The molecule has 4 unspecified atom stereocenters. The number of carbonyl (C=O) groups is 4. The molecule has 5 rings (SSSR count). The van der Waals surface area contributed by atoms with Crippen LogP contribution in [0.15, 0.2) is 46.6 Å². The molecule has 4 atom stereocenters. The Kier molecular flexibility index (Phi) is 5.69. The van der Waals surface area contributed by atoms with Crippen molar-refractivity contribution in [2.45, 2.75) is 52.0 Å². The van der Waals surface area contributed by atoms with E-state index in [4.69, 9.17) is 9.47 Å². The van der Waals surface area contributed by atoms with Crippen LogP contribution in [0.1, 0.15) is 52.0 Å². The molecule has 8 heteroatoms. The molecule has 8 nitrogen and oxygen atoms in total. The summed E-state index contributed by atoms with van der Waals surface area (Å²) in [6, 6.07) is 3.06. The molecule has 0 aromatic heterocycles. The van der Waals surface area contributed by atoms with Crippen molar-refractivity contribution >= 4 is 23.4 Å².